The molecule has 0 aromatic heterocycles. The zero-order valence-electron chi connectivity index (χ0n) is 10.7. The van der Waals surface area contributed by atoms with Crippen LogP contribution < -0.4 is 9.47 Å². The van der Waals surface area contributed by atoms with Crippen molar-refractivity contribution in [1.29, 1.82) is 5.26 Å². The number of hydrogen-bond donors (Lipinski definition) is 1. The molecule has 0 amide bonds. The van der Waals surface area contributed by atoms with Crippen LogP contribution in [0.5, 0.6) is 17.2 Å². The highest BCUT2D eigenvalue weighted by atomic mass is 16.5. The second-order valence-electron chi connectivity index (χ2n) is 3.91. The number of carboxylic acid groups (broad SMARTS) is 1. The zero-order valence-corrected chi connectivity index (χ0v) is 10.7. The molecule has 0 atom stereocenters. The van der Waals surface area contributed by atoms with Crippen molar-refractivity contribution in [2.24, 2.45) is 0 Å². The number of ether oxygens (including phenoxy) is 2. The fourth-order valence-electron chi connectivity index (χ4n) is 1.61. The lowest BCUT2D eigenvalue weighted by atomic mass is 10.1. The van der Waals surface area contributed by atoms with Gasteiger partial charge in [0.2, 0.25) is 0 Å². The Morgan fingerprint density at radius 3 is 2.35 bits per heavy atom. The summed E-state index contributed by atoms with van der Waals surface area (Å²) in [5.41, 5.74) is 0.212. The van der Waals surface area contributed by atoms with E-state index in [-0.39, 0.29) is 11.1 Å². The van der Waals surface area contributed by atoms with Crippen LogP contribution in [0.25, 0.3) is 0 Å². The summed E-state index contributed by atoms with van der Waals surface area (Å²) in [5, 5.41) is 17.9. The van der Waals surface area contributed by atoms with Crippen molar-refractivity contribution in [2.45, 2.75) is 0 Å². The lowest BCUT2D eigenvalue weighted by Crippen LogP contribution is -1.98. The van der Waals surface area contributed by atoms with Crippen LogP contribution in [-0.2, 0) is 0 Å². The van der Waals surface area contributed by atoms with Crippen molar-refractivity contribution in [2.75, 3.05) is 7.11 Å². The Bertz CT molecular complexity index is 671. The Balaban J connectivity index is 2.28. The van der Waals surface area contributed by atoms with E-state index in [9.17, 15) is 4.79 Å². The van der Waals surface area contributed by atoms with Crippen molar-refractivity contribution >= 4 is 5.97 Å². The van der Waals surface area contributed by atoms with Crippen molar-refractivity contribution < 1.29 is 19.4 Å². The molecule has 5 nitrogen and oxygen atoms in total. The minimum absolute atomic E-state index is 0.0450. The van der Waals surface area contributed by atoms with Gasteiger partial charge < -0.3 is 14.6 Å². The summed E-state index contributed by atoms with van der Waals surface area (Å²) >= 11 is 0. The lowest BCUT2D eigenvalue weighted by Gasteiger charge is -2.08. The number of hydrogen-bond acceptors (Lipinski definition) is 4. The molecule has 1 N–H and O–H groups in total. The molecule has 0 spiro atoms. The predicted octanol–water partition coefficient (Wildman–Crippen LogP) is 3.06. The standard InChI is InChI=1S/C15H11NO4/c1-19-12-3-5-13(6-4-12)20-14-7-2-10(15(17)18)8-11(14)9-16/h2-8H,1H3,(H,17,18). The molecule has 0 aliphatic heterocycles. The molecule has 100 valence electrons. The number of benzene rings is 2. The molecule has 0 aliphatic carbocycles. The number of aromatic carboxylic acids is 1. The van der Waals surface area contributed by atoms with Crippen molar-refractivity contribution in [3.8, 4) is 23.3 Å². The quantitative estimate of drug-likeness (QED) is 0.922. The lowest BCUT2D eigenvalue weighted by molar-refractivity contribution is 0.0697. The molecule has 2 rings (SSSR count). The molecule has 0 saturated carbocycles. The molecule has 2 aromatic rings. The maximum atomic E-state index is 10.8. The van der Waals surface area contributed by atoms with Crippen LogP contribution >= 0.6 is 0 Å². The molecule has 0 heterocycles. The van der Waals surface area contributed by atoms with Crippen LogP contribution in [0.15, 0.2) is 42.5 Å². The minimum atomic E-state index is -1.09. The average Bonchev–Trinajstić information content (AvgIpc) is 2.48. The highest BCUT2D eigenvalue weighted by Gasteiger charge is 2.10. The van der Waals surface area contributed by atoms with E-state index in [4.69, 9.17) is 19.8 Å². The number of nitriles is 1. The van der Waals surface area contributed by atoms with E-state index in [1.807, 2.05) is 6.07 Å². The monoisotopic (exact) mass is 269 g/mol. The highest BCUT2D eigenvalue weighted by molar-refractivity contribution is 5.88. The van der Waals surface area contributed by atoms with Gasteiger partial charge in [0.15, 0.2) is 0 Å². The molecule has 5 heteroatoms. The van der Waals surface area contributed by atoms with Crippen molar-refractivity contribution in [3.05, 3.63) is 53.6 Å². The molecule has 0 saturated heterocycles. The van der Waals surface area contributed by atoms with Gasteiger partial charge in [-0.05, 0) is 42.5 Å². The van der Waals surface area contributed by atoms with Gasteiger partial charge in [0.25, 0.3) is 0 Å². The first-order valence-electron chi connectivity index (χ1n) is 5.73. The van der Waals surface area contributed by atoms with Crippen LogP contribution in [0, 0.1) is 11.3 Å². The summed E-state index contributed by atoms with van der Waals surface area (Å²) < 4.78 is 10.6. The first-order valence-corrected chi connectivity index (χ1v) is 5.73. The normalized spacial score (nSPS) is 9.60. The third kappa shape index (κ3) is 2.87. The summed E-state index contributed by atoms with van der Waals surface area (Å²) in [5.74, 6) is 0.449. The fourth-order valence-corrected chi connectivity index (χ4v) is 1.61. The largest absolute Gasteiger partial charge is 0.497 e. The third-order valence-electron chi connectivity index (χ3n) is 2.63. The maximum absolute atomic E-state index is 10.8. The van der Waals surface area contributed by atoms with Gasteiger partial charge in [-0.25, -0.2) is 4.79 Å². The Labute approximate surface area is 115 Å². The van der Waals surface area contributed by atoms with E-state index in [1.165, 1.54) is 18.2 Å². The van der Waals surface area contributed by atoms with Crippen molar-refractivity contribution in [1.82, 2.24) is 0 Å². The van der Waals surface area contributed by atoms with E-state index >= 15 is 0 Å². The number of rotatable bonds is 4. The van der Waals surface area contributed by atoms with Crippen LogP contribution in [0.1, 0.15) is 15.9 Å². The Kier molecular flexibility index (Phi) is 3.87. The molecular weight excluding hydrogens is 258 g/mol. The number of methoxy groups -OCH3 is 1. The zero-order chi connectivity index (χ0) is 14.5. The predicted molar refractivity (Wildman–Crippen MR) is 71.2 cm³/mol. The smallest absolute Gasteiger partial charge is 0.335 e. The highest BCUT2D eigenvalue weighted by Crippen LogP contribution is 2.27. The molecule has 0 bridgehead atoms. The topological polar surface area (TPSA) is 79.6 Å². The van der Waals surface area contributed by atoms with E-state index in [1.54, 1.807) is 31.4 Å². The van der Waals surface area contributed by atoms with Gasteiger partial charge in [0.1, 0.15) is 23.3 Å². The van der Waals surface area contributed by atoms with Gasteiger partial charge in [-0.3, -0.25) is 0 Å². The molecule has 20 heavy (non-hydrogen) atoms. The maximum Gasteiger partial charge on any atom is 0.335 e. The first kappa shape index (κ1) is 13.4. The molecule has 0 fully saturated rings. The van der Waals surface area contributed by atoms with Gasteiger partial charge >= 0.3 is 5.97 Å². The van der Waals surface area contributed by atoms with Gasteiger partial charge in [-0.1, -0.05) is 0 Å². The SMILES string of the molecule is COc1ccc(Oc2ccc(C(=O)O)cc2C#N)cc1. The van der Waals surface area contributed by atoms with Crippen LogP contribution in [0.2, 0.25) is 0 Å². The minimum Gasteiger partial charge on any atom is -0.497 e. The number of nitrogens with zero attached hydrogens (tertiary/aromatic N) is 1. The molecule has 0 radical (unpaired) electrons. The average molecular weight is 269 g/mol. The molecule has 2 aromatic carbocycles. The Morgan fingerprint density at radius 1 is 1.15 bits per heavy atom. The van der Waals surface area contributed by atoms with Gasteiger partial charge in [0, 0.05) is 0 Å². The Hall–Kier alpha value is -3.00. The second kappa shape index (κ2) is 5.76. The molecule has 0 aliphatic rings. The molecular formula is C15H11NO4. The van der Waals surface area contributed by atoms with Gasteiger partial charge in [-0.15, -0.1) is 0 Å². The third-order valence-corrected chi connectivity index (χ3v) is 2.63. The number of carboxylic acids is 1. The van der Waals surface area contributed by atoms with E-state index in [2.05, 4.69) is 0 Å². The summed E-state index contributed by atoms with van der Waals surface area (Å²) in [6.07, 6.45) is 0. The first-order chi connectivity index (χ1) is 9.63. The summed E-state index contributed by atoms with van der Waals surface area (Å²) in [7, 11) is 1.56. The van der Waals surface area contributed by atoms with E-state index in [0.717, 1.165) is 0 Å². The van der Waals surface area contributed by atoms with E-state index in [0.29, 0.717) is 17.2 Å². The fraction of sp³-hybridized carbons (Fsp3) is 0.0667. The summed E-state index contributed by atoms with van der Waals surface area (Å²) in [4.78, 5) is 10.8. The van der Waals surface area contributed by atoms with Crippen LogP contribution in [0.3, 0.4) is 0 Å². The van der Waals surface area contributed by atoms with E-state index < -0.39 is 5.97 Å². The Morgan fingerprint density at radius 2 is 1.80 bits per heavy atom. The summed E-state index contributed by atoms with van der Waals surface area (Å²) in [6.45, 7) is 0. The van der Waals surface area contributed by atoms with Gasteiger partial charge in [-0.2, -0.15) is 5.26 Å². The molecule has 0 unspecified atom stereocenters. The number of carbonyl (C=O) groups is 1. The van der Waals surface area contributed by atoms with Crippen LogP contribution in [-0.4, -0.2) is 18.2 Å². The van der Waals surface area contributed by atoms with Crippen molar-refractivity contribution in [3.63, 3.8) is 0 Å². The van der Waals surface area contributed by atoms with Gasteiger partial charge in [0.05, 0.1) is 18.2 Å². The van der Waals surface area contributed by atoms with Crippen LogP contribution in [0.4, 0.5) is 0 Å². The second-order valence-corrected chi connectivity index (χ2v) is 3.91. The summed E-state index contributed by atoms with van der Waals surface area (Å²) in [6, 6.07) is 12.9.